The van der Waals surface area contributed by atoms with Gasteiger partial charge in [0.25, 0.3) is 6.26 Å². The highest BCUT2D eigenvalue weighted by Crippen LogP contribution is 2.38. The van der Waals surface area contributed by atoms with E-state index in [2.05, 4.69) is 5.32 Å². The van der Waals surface area contributed by atoms with Crippen LogP contribution >= 0.6 is 0 Å². The molecule has 1 aromatic rings. The Morgan fingerprint density at radius 2 is 2.07 bits per heavy atom. The van der Waals surface area contributed by atoms with E-state index < -0.39 is 0 Å². The summed E-state index contributed by atoms with van der Waals surface area (Å²) in [5.41, 5.74) is 2.33. The molecular formula is C11H8N2O2. The Labute approximate surface area is 86.8 Å². The molecule has 0 bridgehead atoms. The molecule has 4 heteroatoms. The third kappa shape index (κ3) is 1.44. The summed E-state index contributed by atoms with van der Waals surface area (Å²) in [4.78, 5) is 10.9. The first-order chi connectivity index (χ1) is 7.24. The molecule has 0 spiro atoms. The fourth-order valence-corrected chi connectivity index (χ4v) is 1.55. The van der Waals surface area contributed by atoms with Gasteiger partial charge in [0.1, 0.15) is 0 Å². The molecule has 0 aromatic heterocycles. The fourth-order valence-electron chi connectivity index (χ4n) is 1.55. The third-order valence-electron chi connectivity index (χ3n) is 2.12. The second kappa shape index (κ2) is 3.46. The molecule has 1 aliphatic rings. The topological polar surface area (TPSA) is 62.1 Å². The lowest BCUT2D eigenvalue weighted by Crippen LogP contribution is -2.25. The lowest BCUT2D eigenvalue weighted by Gasteiger charge is -2.24. The van der Waals surface area contributed by atoms with Crippen molar-refractivity contribution in [3.05, 3.63) is 35.4 Å². The summed E-state index contributed by atoms with van der Waals surface area (Å²) in [5, 5.41) is 11.1. The van der Waals surface area contributed by atoms with E-state index >= 15 is 0 Å². The van der Waals surface area contributed by atoms with E-state index in [9.17, 15) is 4.79 Å². The number of hydrogen-bond donors (Lipinski definition) is 1. The smallest absolute Gasteiger partial charge is 0.292 e. The minimum absolute atomic E-state index is 0.182. The number of hydrogen-bond acceptors (Lipinski definition) is 3. The molecule has 1 aliphatic carbocycles. The number of nitrogens with zero attached hydrogens (tertiary/aromatic N) is 1. The maximum atomic E-state index is 10.9. The van der Waals surface area contributed by atoms with Crippen molar-refractivity contribution in [2.45, 2.75) is 6.92 Å². The molecule has 0 fully saturated rings. The number of ether oxygens (including phenoxy) is 1. The van der Waals surface area contributed by atoms with Gasteiger partial charge < -0.3 is 10.1 Å². The lowest BCUT2D eigenvalue weighted by molar-refractivity contribution is -0.117. The first-order valence-corrected chi connectivity index (χ1v) is 4.41. The van der Waals surface area contributed by atoms with Gasteiger partial charge in [-0.2, -0.15) is 0 Å². The molecule has 74 valence electrons. The summed E-state index contributed by atoms with van der Waals surface area (Å²) in [6, 6.07) is 7.42. The van der Waals surface area contributed by atoms with Crippen molar-refractivity contribution in [3.8, 4) is 6.26 Å². The largest absolute Gasteiger partial charge is 0.385 e. The van der Waals surface area contributed by atoms with Gasteiger partial charge in [0, 0.05) is 18.1 Å². The van der Waals surface area contributed by atoms with Crippen molar-refractivity contribution < 1.29 is 9.53 Å². The minimum Gasteiger partial charge on any atom is -0.385 e. The highest BCUT2D eigenvalue weighted by Gasteiger charge is 2.28. The van der Waals surface area contributed by atoms with Gasteiger partial charge in [-0.15, -0.1) is 5.26 Å². The van der Waals surface area contributed by atoms with Gasteiger partial charge in [0.05, 0.1) is 5.70 Å². The standard InChI is InChI=1S/C11H8N2O2/c1-7(14)13-10-8-4-2-3-5-9(8)11(10)15-6-12/h2-5H,1H3,(H,13,14). The van der Waals surface area contributed by atoms with E-state index in [0.29, 0.717) is 11.5 Å². The molecule has 0 atom stereocenters. The number of amides is 1. The number of carbonyl (C=O) groups excluding carboxylic acids is 1. The number of benzene rings is 1. The van der Waals surface area contributed by atoms with Crippen LogP contribution in [0.15, 0.2) is 24.3 Å². The van der Waals surface area contributed by atoms with Crippen LogP contribution in [0.4, 0.5) is 0 Å². The highest BCUT2D eigenvalue weighted by molar-refractivity contribution is 6.05. The van der Waals surface area contributed by atoms with Crippen molar-refractivity contribution in [1.82, 2.24) is 5.32 Å². The first kappa shape index (κ1) is 9.28. The van der Waals surface area contributed by atoms with Gasteiger partial charge in [0.2, 0.25) is 5.91 Å². The summed E-state index contributed by atoms with van der Waals surface area (Å²) in [5.74, 6) is 0.252. The molecule has 1 aromatic carbocycles. The Balaban J connectivity index is 2.37. The van der Waals surface area contributed by atoms with Crippen LogP contribution < -0.4 is 5.32 Å². The molecule has 0 saturated heterocycles. The summed E-state index contributed by atoms with van der Waals surface area (Å²) >= 11 is 0. The van der Waals surface area contributed by atoms with Crippen LogP contribution in [0, 0.1) is 11.5 Å². The van der Waals surface area contributed by atoms with Gasteiger partial charge in [-0.3, -0.25) is 4.79 Å². The summed E-state index contributed by atoms with van der Waals surface area (Å²) < 4.78 is 4.79. The zero-order valence-electron chi connectivity index (χ0n) is 8.07. The number of fused-ring (bicyclic) bond motifs is 1. The summed E-state index contributed by atoms with van der Waals surface area (Å²) in [6.07, 6.45) is 1.60. The second-order valence-corrected chi connectivity index (χ2v) is 3.12. The second-order valence-electron chi connectivity index (χ2n) is 3.12. The van der Waals surface area contributed by atoms with Gasteiger partial charge in [0.15, 0.2) is 5.76 Å². The molecule has 0 heterocycles. The van der Waals surface area contributed by atoms with E-state index in [1.165, 1.54) is 6.92 Å². The van der Waals surface area contributed by atoms with E-state index in [0.717, 1.165) is 11.1 Å². The van der Waals surface area contributed by atoms with Gasteiger partial charge >= 0.3 is 0 Å². The third-order valence-corrected chi connectivity index (χ3v) is 2.12. The van der Waals surface area contributed by atoms with E-state index in [1.54, 1.807) is 6.26 Å². The molecule has 0 saturated carbocycles. The van der Waals surface area contributed by atoms with Gasteiger partial charge in [-0.05, 0) is 0 Å². The summed E-state index contributed by atoms with van der Waals surface area (Å²) in [7, 11) is 0. The maximum Gasteiger partial charge on any atom is 0.292 e. The van der Waals surface area contributed by atoms with E-state index in [4.69, 9.17) is 10.00 Å². The number of nitriles is 1. The monoisotopic (exact) mass is 200 g/mol. The number of carbonyl (C=O) groups is 1. The Morgan fingerprint density at radius 3 is 2.67 bits per heavy atom. The minimum atomic E-state index is -0.182. The average Bonchev–Trinajstić information content (AvgIpc) is 2.23. The van der Waals surface area contributed by atoms with E-state index in [-0.39, 0.29) is 5.91 Å². The van der Waals surface area contributed by atoms with Crippen LogP contribution in [0.3, 0.4) is 0 Å². The molecule has 1 N–H and O–H groups in total. The molecule has 0 unspecified atom stereocenters. The Hall–Kier alpha value is -2.28. The van der Waals surface area contributed by atoms with Crippen molar-refractivity contribution >= 4 is 17.4 Å². The molecule has 15 heavy (non-hydrogen) atoms. The SMILES string of the molecule is CC(=O)NC1=C(OC#N)c2ccccc21. The maximum absolute atomic E-state index is 10.9. The van der Waals surface area contributed by atoms with Crippen molar-refractivity contribution in [3.63, 3.8) is 0 Å². The molecule has 1 amide bonds. The average molecular weight is 200 g/mol. The normalized spacial score (nSPS) is 12.3. The Kier molecular flexibility index (Phi) is 2.14. The quantitative estimate of drug-likeness (QED) is 0.735. The van der Waals surface area contributed by atoms with Crippen molar-refractivity contribution in [2.24, 2.45) is 0 Å². The highest BCUT2D eigenvalue weighted by atomic mass is 16.5. The molecule has 4 nitrogen and oxygen atoms in total. The van der Waals surface area contributed by atoms with Crippen LogP contribution in [-0.4, -0.2) is 5.91 Å². The Bertz CT molecular complexity index is 498. The number of rotatable bonds is 2. The predicted molar refractivity (Wildman–Crippen MR) is 53.8 cm³/mol. The molecular weight excluding hydrogens is 192 g/mol. The molecule has 0 aliphatic heterocycles. The van der Waals surface area contributed by atoms with Crippen LogP contribution in [0.1, 0.15) is 18.1 Å². The fraction of sp³-hybridized carbons (Fsp3) is 0.0909. The van der Waals surface area contributed by atoms with Crippen molar-refractivity contribution in [1.29, 1.82) is 5.26 Å². The van der Waals surface area contributed by atoms with Crippen LogP contribution in [0.2, 0.25) is 0 Å². The number of nitrogens with one attached hydrogen (secondary N) is 1. The summed E-state index contributed by atoms with van der Waals surface area (Å²) in [6.45, 7) is 1.41. The molecule has 0 radical (unpaired) electrons. The van der Waals surface area contributed by atoms with Crippen LogP contribution in [0.25, 0.3) is 11.5 Å². The van der Waals surface area contributed by atoms with Gasteiger partial charge in [-0.25, -0.2) is 0 Å². The zero-order chi connectivity index (χ0) is 10.8. The van der Waals surface area contributed by atoms with E-state index in [1.807, 2.05) is 24.3 Å². The van der Waals surface area contributed by atoms with Crippen LogP contribution in [0.5, 0.6) is 0 Å². The zero-order valence-corrected chi connectivity index (χ0v) is 8.07. The molecule has 2 rings (SSSR count). The first-order valence-electron chi connectivity index (χ1n) is 4.41. The van der Waals surface area contributed by atoms with Crippen LogP contribution in [-0.2, 0) is 9.53 Å². The van der Waals surface area contributed by atoms with Gasteiger partial charge in [-0.1, -0.05) is 24.3 Å². The predicted octanol–water partition coefficient (Wildman–Crippen LogP) is 1.46. The Morgan fingerprint density at radius 1 is 1.40 bits per heavy atom. The van der Waals surface area contributed by atoms with Crippen molar-refractivity contribution in [2.75, 3.05) is 0 Å². The lowest BCUT2D eigenvalue weighted by atomic mass is 9.91.